The van der Waals surface area contributed by atoms with Crippen LogP contribution in [0, 0.1) is 5.92 Å². The van der Waals surface area contributed by atoms with Crippen molar-refractivity contribution in [3.63, 3.8) is 0 Å². The summed E-state index contributed by atoms with van der Waals surface area (Å²) in [6.07, 6.45) is 2.39. The quantitative estimate of drug-likeness (QED) is 0.830. The molecule has 4 nitrogen and oxygen atoms in total. The van der Waals surface area contributed by atoms with Crippen molar-refractivity contribution in [2.24, 2.45) is 11.7 Å². The maximum absolute atomic E-state index is 11.2. The van der Waals surface area contributed by atoms with E-state index in [1.54, 1.807) is 0 Å². The van der Waals surface area contributed by atoms with Gasteiger partial charge in [-0.05, 0) is 30.9 Å². The number of carbonyl (C=O) groups is 1. The van der Waals surface area contributed by atoms with E-state index in [-0.39, 0.29) is 12.5 Å². The van der Waals surface area contributed by atoms with Crippen molar-refractivity contribution in [2.75, 3.05) is 26.2 Å². The normalized spacial score (nSPS) is 20.2. The number of nitrogens with zero attached hydrogens (tertiary/aromatic N) is 1. The monoisotopic (exact) mass is 261 g/mol. The maximum Gasteiger partial charge on any atom is 0.233 e. The van der Waals surface area contributed by atoms with Crippen LogP contribution in [0.15, 0.2) is 30.3 Å². The molecule has 1 fully saturated rings. The molecule has 104 valence electrons. The summed E-state index contributed by atoms with van der Waals surface area (Å²) in [5.74, 6) is 0.494. The highest BCUT2D eigenvalue weighted by Crippen LogP contribution is 2.17. The zero-order chi connectivity index (χ0) is 13.5. The van der Waals surface area contributed by atoms with Gasteiger partial charge in [-0.3, -0.25) is 9.69 Å². The van der Waals surface area contributed by atoms with Crippen LogP contribution >= 0.6 is 0 Å². The standard InChI is InChI=1S/C15H23N3O/c16-9-15(19)17-10-14-7-4-8-18(12-14)11-13-5-2-1-3-6-13/h1-3,5-6,14H,4,7-12,16H2,(H,17,19). The second-order valence-corrected chi connectivity index (χ2v) is 5.24. The smallest absolute Gasteiger partial charge is 0.233 e. The molecule has 1 atom stereocenters. The van der Waals surface area contributed by atoms with Crippen LogP contribution in [-0.2, 0) is 11.3 Å². The van der Waals surface area contributed by atoms with Gasteiger partial charge < -0.3 is 11.1 Å². The molecule has 1 heterocycles. The van der Waals surface area contributed by atoms with E-state index < -0.39 is 0 Å². The highest BCUT2D eigenvalue weighted by atomic mass is 16.1. The predicted octanol–water partition coefficient (Wildman–Crippen LogP) is 0.974. The minimum Gasteiger partial charge on any atom is -0.355 e. The second-order valence-electron chi connectivity index (χ2n) is 5.24. The molecule has 19 heavy (non-hydrogen) atoms. The maximum atomic E-state index is 11.2. The molecule has 0 radical (unpaired) electrons. The lowest BCUT2D eigenvalue weighted by molar-refractivity contribution is -0.120. The minimum atomic E-state index is -0.0554. The molecule has 1 aromatic rings. The Balaban J connectivity index is 1.79. The van der Waals surface area contributed by atoms with Crippen LogP contribution in [0.5, 0.6) is 0 Å². The first kappa shape index (κ1) is 14.0. The number of hydrogen-bond donors (Lipinski definition) is 2. The lowest BCUT2D eigenvalue weighted by Gasteiger charge is -2.32. The average Bonchev–Trinajstić information content (AvgIpc) is 2.46. The van der Waals surface area contributed by atoms with E-state index in [9.17, 15) is 4.79 Å². The summed E-state index contributed by atoms with van der Waals surface area (Å²) in [6, 6.07) is 10.5. The number of hydrogen-bond acceptors (Lipinski definition) is 3. The van der Waals surface area contributed by atoms with Crippen LogP contribution in [0.2, 0.25) is 0 Å². The van der Waals surface area contributed by atoms with Gasteiger partial charge in [0.1, 0.15) is 0 Å². The summed E-state index contributed by atoms with van der Waals surface area (Å²) < 4.78 is 0. The molecule has 1 aliphatic rings. The van der Waals surface area contributed by atoms with Crippen LogP contribution in [0.25, 0.3) is 0 Å². The third-order valence-electron chi connectivity index (χ3n) is 3.63. The number of nitrogens with two attached hydrogens (primary N) is 1. The van der Waals surface area contributed by atoms with Crippen molar-refractivity contribution in [1.29, 1.82) is 0 Å². The second kappa shape index (κ2) is 7.26. The van der Waals surface area contributed by atoms with Gasteiger partial charge in [0.05, 0.1) is 6.54 Å². The van der Waals surface area contributed by atoms with E-state index in [0.29, 0.717) is 5.92 Å². The molecular weight excluding hydrogens is 238 g/mol. The fourth-order valence-corrected chi connectivity index (χ4v) is 2.63. The lowest BCUT2D eigenvalue weighted by atomic mass is 9.97. The Labute approximate surface area is 115 Å². The zero-order valence-electron chi connectivity index (χ0n) is 11.3. The van der Waals surface area contributed by atoms with Crippen LogP contribution in [0.3, 0.4) is 0 Å². The summed E-state index contributed by atoms with van der Waals surface area (Å²) in [7, 11) is 0. The highest BCUT2D eigenvalue weighted by Gasteiger charge is 2.20. The first-order valence-electron chi connectivity index (χ1n) is 7.01. The van der Waals surface area contributed by atoms with E-state index in [1.165, 1.54) is 18.4 Å². The number of carbonyl (C=O) groups excluding carboxylic acids is 1. The molecule has 0 saturated carbocycles. The predicted molar refractivity (Wildman–Crippen MR) is 76.5 cm³/mol. The Morgan fingerprint density at radius 3 is 2.89 bits per heavy atom. The Morgan fingerprint density at radius 1 is 1.37 bits per heavy atom. The molecule has 1 amide bonds. The van der Waals surface area contributed by atoms with Crippen molar-refractivity contribution in [3.8, 4) is 0 Å². The third-order valence-corrected chi connectivity index (χ3v) is 3.63. The zero-order valence-corrected chi connectivity index (χ0v) is 11.3. The van der Waals surface area contributed by atoms with E-state index in [4.69, 9.17) is 5.73 Å². The molecule has 4 heteroatoms. The fraction of sp³-hybridized carbons (Fsp3) is 0.533. The van der Waals surface area contributed by atoms with E-state index in [1.807, 2.05) is 6.07 Å². The number of amides is 1. The Bertz CT molecular complexity index is 394. The number of nitrogens with one attached hydrogen (secondary N) is 1. The molecule has 0 bridgehead atoms. The number of rotatable bonds is 5. The van der Waals surface area contributed by atoms with Crippen molar-refractivity contribution >= 4 is 5.91 Å². The molecule has 1 aromatic carbocycles. The first-order chi connectivity index (χ1) is 9.28. The van der Waals surface area contributed by atoms with Crippen LogP contribution < -0.4 is 11.1 Å². The lowest BCUT2D eigenvalue weighted by Crippen LogP contribution is -2.41. The van der Waals surface area contributed by atoms with Gasteiger partial charge in [-0.15, -0.1) is 0 Å². The molecule has 0 aromatic heterocycles. The van der Waals surface area contributed by atoms with Gasteiger partial charge in [-0.25, -0.2) is 0 Å². The van der Waals surface area contributed by atoms with Crippen LogP contribution in [0.1, 0.15) is 18.4 Å². The summed E-state index contributed by atoms with van der Waals surface area (Å²) in [5.41, 5.74) is 6.65. The minimum absolute atomic E-state index is 0.0554. The van der Waals surface area contributed by atoms with Gasteiger partial charge in [0.2, 0.25) is 5.91 Å². The SMILES string of the molecule is NCC(=O)NCC1CCCN(Cc2ccccc2)C1. The Hall–Kier alpha value is -1.39. The van der Waals surface area contributed by atoms with Gasteiger partial charge in [0.15, 0.2) is 0 Å². The third kappa shape index (κ3) is 4.65. The Morgan fingerprint density at radius 2 is 2.16 bits per heavy atom. The fourth-order valence-electron chi connectivity index (χ4n) is 2.63. The first-order valence-corrected chi connectivity index (χ1v) is 7.01. The van der Waals surface area contributed by atoms with Crippen molar-refractivity contribution in [2.45, 2.75) is 19.4 Å². The number of benzene rings is 1. The van der Waals surface area contributed by atoms with Crippen molar-refractivity contribution < 1.29 is 4.79 Å². The molecule has 1 saturated heterocycles. The number of likely N-dealkylation sites (tertiary alicyclic amines) is 1. The molecule has 2 rings (SSSR count). The summed E-state index contributed by atoms with van der Waals surface area (Å²) in [5, 5.41) is 2.90. The molecular formula is C15H23N3O. The topological polar surface area (TPSA) is 58.4 Å². The van der Waals surface area contributed by atoms with E-state index >= 15 is 0 Å². The summed E-state index contributed by atoms with van der Waals surface area (Å²) in [6.45, 7) is 4.04. The molecule has 3 N–H and O–H groups in total. The Kier molecular flexibility index (Phi) is 5.36. The molecule has 0 aliphatic carbocycles. The summed E-state index contributed by atoms with van der Waals surface area (Å²) in [4.78, 5) is 13.6. The highest BCUT2D eigenvalue weighted by molar-refractivity contribution is 5.77. The largest absolute Gasteiger partial charge is 0.355 e. The van der Waals surface area contributed by atoms with Gasteiger partial charge in [-0.2, -0.15) is 0 Å². The van der Waals surface area contributed by atoms with E-state index in [0.717, 1.165) is 26.2 Å². The summed E-state index contributed by atoms with van der Waals surface area (Å²) >= 11 is 0. The van der Waals surface area contributed by atoms with Gasteiger partial charge in [0.25, 0.3) is 0 Å². The van der Waals surface area contributed by atoms with E-state index in [2.05, 4.69) is 34.5 Å². The molecule has 0 spiro atoms. The average molecular weight is 261 g/mol. The van der Waals surface area contributed by atoms with Crippen LogP contribution in [0.4, 0.5) is 0 Å². The van der Waals surface area contributed by atoms with Gasteiger partial charge in [-0.1, -0.05) is 30.3 Å². The van der Waals surface area contributed by atoms with Crippen LogP contribution in [-0.4, -0.2) is 37.0 Å². The molecule has 1 unspecified atom stereocenters. The number of piperidine rings is 1. The van der Waals surface area contributed by atoms with Gasteiger partial charge in [0, 0.05) is 19.6 Å². The van der Waals surface area contributed by atoms with Crippen molar-refractivity contribution in [1.82, 2.24) is 10.2 Å². The molecule has 1 aliphatic heterocycles. The van der Waals surface area contributed by atoms with Crippen molar-refractivity contribution in [3.05, 3.63) is 35.9 Å². The van der Waals surface area contributed by atoms with Gasteiger partial charge >= 0.3 is 0 Å².